The smallest absolute Gasteiger partial charge is 0.220 e. The van der Waals surface area contributed by atoms with Crippen LogP contribution in [0.3, 0.4) is 0 Å². The van der Waals surface area contributed by atoms with Gasteiger partial charge in [-0.1, -0.05) is 292 Å². The average molecular weight is 1380 g/mol. The van der Waals surface area contributed by atoms with Crippen LogP contribution in [0.15, 0.2) is 182 Å². The lowest BCUT2D eigenvalue weighted by Gasteiger charge is -2.46. The Balaban J connectivity index is 1.68. The minimum absolute atomic E-state index is 0.228. The van der Waals surface area contributed by atoms with Crippen molar-refractivity contribution in [3.63, 3.8) is 0 Å². The zero-order valence-electron chi connectivity index (χ0n) is 61.2. The quantitative estimate of drug-likeness (QED) is 0.0204. The zero-order chi connectivity index (χ0) is 71.5. The number of rotatable bonds is 61. The van der Waals surface area contributed by atoms with E-state index in [0.717, 1.165) is 128 Å². The van der Waals surface area contributed by atoms with Crippen molar-refractivity contribution < 1.29 is 64.6 Å². The average Bonchev–Trinajstić information content (AvgIpc) is 0.799. The number of ether oxygens (including phenoxy) is 4. The number of carbonyl (C=O) groups is 1. The number of aliphatic hydroxyl groups is 8. The summed E-state index contributed by atoms with van der Waals surface area (Å²) < 4.78 is 22.8. The lowest BCUT2D eigenvalue weighted by atomic mass is 9.97. The van der Waals surface area contributed by atoms with Crippen LogP contribution in [0.25, 0.3) is 0 Å². The second kappa shape index (κ2) is 66.3. The van der Waals surface area contributed by atoms with E-state index >= 15 is 0 Å². The van der Waals surface area contributed by atoms with Gasteiger partial charge in [0, 0.05) is 6.42 Å². The molecule has 14 heteroatoms. The van der Waals surface area contributed by atoms with E-state index in [2.05, 4.69) is 189 Å². The minimum Gasteiger partial charge on any atom is -0.394 e. The van der Waals surface area contributed by atoms with Gasteiger partial charge in [0.15, 0.2) is 12.6 Å². The second-order valence-corrected chi connectivity index (χ2v) is 26.0. The Morgan fingerprint density at radius 1 is 0.374 bits per heavy atom. The molecule has 0 spiro atoms. The van der Waals surface area contributed by atoms with E-state index in [-0.39, 0.29) is 18.9 Å². The van der Waals surface area contributed by atoms with E-state index in [1.165, 1.54) is 89.9 Å². The fourth-order valence-corrected chi connectivity index (χ4v) is 11.2. The number of carbonyl (C=O) groups excluding carboxylic acids is 1. The normalized spacial score (nSPS) is 23.0. The summed E-state index contributed by atoms with van der Waals surface area (Å²) in [5, 5.41) is 87.5. The molecule has 2 aliphatic heterocycles. The summed E-state index contributed by atoms with van der Waals surface area (Å²) >= 11 is 0. The van der Waals surface area contributed by atoms with Gasteiger partial charge in [-0.05, 0) is 135 Å². The van der Waals surface area contributed by atoms with Crippen molar-refractivity contribution in [2.75, 3.05) is 19.8 Å². The van der Waals surface area contributed by atoms with Gasteiger partial charge in [0.05, 0.1) is 32.0 Å². The van der Waals surface area contributed by atoms with E-state index in [4.69, 9.17) is 18.9 Å². The summed E-state index contributed by atoms with van der Waals surface area (Å²) in [6, 6.07) is -0.968. The van der Waals surface area contributed by atoms with Crippen molar-refractivity contribution in [1.29, 1.82) is 0 Å². The molecular formula is C85H137NO13. The molecular weight excluding hydrogens is 1240 g/mol. The Hall–Kier alpha value is -4.91. The number of amides is 1. The van der Waals surface area contributed by atoms with Gasteiger partial charge in [-0.3, -0.25) is 4.79 Å². The summed E-state index contributed by atoms with van der Waals surface area (Å²) in [5.41, 5.74) is 0. The minimum atomic E-state index is -1.81. The van der Waals surface area contributed by atoms with Gasteiger partial charge >= 0.3 is 0 Å². The van der Waals surface area contributed by atoms with Crippen molar-refractivity contribution in [3.05, 3.63) is 182 Å². The molecule has 0 radical (unpaired) electrons. The van der Waals surface area contributed by atoms with Crippen LogP contribution in [0.4, 0.5) is 0 Å². The maximum Gasteiger partial charge on any atom is 0.220 e. The van der Waals surface area contributed by atoms with E-state index in [1.54, 1.807) is 6.08 Å². The molecule has 0 saturated carbocycles. The third-order valence-corrected chi connectivity index (χ3v) is 17.3. The summed E-state index contributed by atoms with van der Waals surface area (Å²) in [4.78, 5) is 13.3. The van der Waals surface area contributed by atoms with Gasteiger partial charge in [-0.25, -0.2) is 0 Å². The molecule has 0 aromatic rings. The van der Waals surface area contributed by atoms with Crippen LogP contribution in [0.1, 0.15) is 251 Å². The standard InChI is InChI=1S/C85H137NO13/c1-3-5-7-9-11-13-15-17-19-21-23-25-27-29-30-31-32-33-34-35-36-37-38-39-40-41-42-43-44-45-47-49-51-53-55-57-59-61-63-65-67-69-77(90)86-73(72-96-84-82(95)80(93)83(76(71-88)98-84)99-85-81(94)79(92)78(91)75(70-87)97-85)74(89)68-66-64-62-60-58-56-54-52-50-48-46-28-26-24-22-20-18-16-14-12-10-8-6-4-2/h5,7,11,13,17,19,23,25,29-30,32-33,35-36,38-39,41-42,44-45,49-52,55,57-58,60,66,68,73-76,78-85,87-89,91-95H,3-4,6,8-10,12,14-16,18,20-22,24,26-28,31,34,37,40,43,46-48,53-54,56,59,61-65,67,69-72H2,1-2H3,(H,86,90)/b7-5-,13-11-,19-17-,25-23-,30-29-,33-32-,36-35-,39-38-,42-41-,45-44-,51-49-,52-50+,57-55-,60-58+,68-66+. The Labute approximate surface area is 600 Å². The first-order valence-electron chi connectivity index (χ1n) is 38.5. The number of hydrogen-bond acceptors (Lipinski definition) is 13. The molecule has 1 amide bonds. The van der Waals surface area contributed by atoms with Crippen LogP contribution < -0.4 is 5.32 Å². The molecule has 0 aromatic carbocycles. The highest BCUT2D eigenvalue weighted by atomic mass is 16.7. The van der Waals surface area contributed by atoms with Gasteiger partial charge in [0.2, 0.25) is 5.91 Å². The fourth-order valence-electron chi connectivity index (χ4n) is 11.2. The fraction of sp³-hybridized carbons (Fsp3) is 0.635. The molecule has 0 aliphatic carbocycles. The molecule has 2 rings (SSSR count). The van der Waals surface area contributed by atoms with Crippen LogP contribution in [-0.2, 0) is 23.7 Å². The van der Waals surface area contributed by atoms with Crippen molar-refractivity contribution in [2.24, 2.45) is 0 Å². The number of hydrogen-bond donors (Lipinski definition) is 9. The Morgan fingerprint density at radius 3 is 1.11 bits per heavy atom. The Kier molecular flexibility index (Phi) is 60.4. The first-order valence-corrected chi connectivity index (χ1v) is 38.5. The molecule has 0 aromatic heterocycles. The summed E-state index contributed by atoms with van der Waals surface area (Å²) in [6.07, 6.45) is 88.1. The topological polar surface area (TPSA) is 228 Å². The Morgan fingerprint density at radius 2 is 0.707 bits per heavy atom. The molecule has 2 heterocycles. The maximum absolute atomic E-state index is 13.3. The highest BCUT2D eigenvalue weighted by Crippen LogP contribution is 2.30. The zero-order valence-corrected chi connectivity index (χ0v) is 61.2. The number of aliphatic hydroxyl groups excluding tert-OH is 8. The predicted octanol–water partition coefficient (Wildman–Crippen LogP) is 17.3. The first-order chi connectivity index (χ1) is 48.6. The van der Waals surface area contributed by atoms with Crippen molar-refractivity contribution in [1.82, 2.24) is 5.32 Å². The second-order valence-electron chi connectivity index (χ2n) is 26.0. The number of allylic oxidation sites excluding steroid dienone is 29. The SMILES string of the molecule is CC/C=C\C/C=C\C/C=C\C/C=C\C/C=C\C/C=C\C/C=C\C/C=C\C/C=C\C/C=C\C/C=C\C/C=C\CCCCCCC(=O)NC(COC1OC(CO)C(OC2OC(CO)C(O)C(O)C2O)C(O)C1O)C(O)/C=C/CC/C=C/CC/C=C/CCCCCCCCCCCCCCCC. The molecule has 12 atom stereocenters. The third kappa shape index (κ3) is 49.4. The largest absolute Gasteiger partial charge is 0.394 e. The molecule has 2 fully saturated rings. The molecule has 12 unspecified atom stereocenters. The maximum atomic E-state index is 13.3. The summed E-state index contributed by atoms with van der Waals surface area (Å²) in [5.74, 6) is -0.284. The summed E-state index contributed by atoms with van der Waals surface area (Å²) in [6.45, 7) is 2.64. The highest BCUT2D eigenvalue weighted by molar-refractivity contribution is 5.76. The molecule has 99 heavy (non-hydrogen) atoms. The van der Waals surface area contributed by atoms with Crippen molar-refractivity contribution >= 4 is 5.91 Å². The van der Waals surface area contributed by atoms with E-state index < -0.39 is 86.8 Å². The summed E-state index contributed by atoms with van der Waals surface area (Å²) in [7, 11) is 0. The van der Waals surface area contributed by atoms with E-state index in [1.807, 2.05) is 6.08 Å². The van der Waals surface area contributed by atoms with Gasteiger partial charge in [-0.2, -0.15) is 0 Å². The number of nitrogens with one attached hydrogen (secondary N) is 1. The first kappa shape index (κ1) is 90.2. The highest BCUT2D eigenvalue weighted by Gasteiger charge is 2.51. The van der Waals surface area contributed by atoms with Crippen molar-refractivity contribution in [2.45, 2.75) is 325 Å². The third-order valence-electron chi connectivity index (χ3n) is 17.3. The van der Waals surface area contributed by atoms with Gasteiger partial charge in [-0.15, -0.1) is 0 Å². The number of unbranched alkanes of at least 4 members (excludes halogenated alkanes) is 20. The molecule has 0 bridgehead atoms. The monoisotopic (exact) mass is 1380 g/mol. The van der Waals surface area contributed by atoms with Gasteiger partial charge in [0.25, 0.3) is 0 Å². The van der Waals surface area contributed by atoms with Crippen LogP contribution >= 0.6 is 0 Å². The molecule has 560 valence electrons. The predicted molar refractivity (Wildman–Crippen MR) is 410 cm³/mol. The van der Waals surface area contributed by atoms with E-state index in [0.29, 0.717) is 12.8 Å². The van der Waals surface area contributed by atoms with Crippen LogP contribution in [0.5, 0.6) is 0 Å². The molecule has 2 saturated heterocycles. The van der Waals surface area contributed by atoms with Crippen LogP contribution in [0, 0.1) is 0 Å². The van der Waals surface area contributed by atoms with Crippen LogP contribution in [0.2, 0.25) is 0 Å². The van der Waals surface area contributed by atoms with Gasteiger partial charge in [0.1, 0.15) is 48.8 Å². The Bertz CT molecular complexity index is 2370. The lowest BCUT2D eigenvalue weighted by Crippen LogP contribution is -2.65. The molecule has 2 aliphatic rings. The van der Waals surface area contributed by atoms with Gasteiger partial charge < -0.3 is 65.1 Å². The van der Waals surface area contributed by atoms with Crippen LogP contribution in [-0.4, -0.2) is 140 Å². The molecule has 14 nitrogen and oxygen atoms in total. The molecule has 9 N–H and O–H groups in total. The van der Waals surface area contributed by atoms with Crippen molar-refractivity contribution in [3.8, 4) is 0 Å². The lowest BCUT2D eigenvalue weighted by molar-refractivity contribution is -0.359. The van der Waals surface area contributed by atoms with E-state index in [9.17, 15) is 45.6 Å².